The Bertz CT molecular complexity index is 349. The standard InChI is InChI=1S/C14H22O4/c1-7-10-11(17-14(5,6)16-10)8-9-12(15)18-13(2,3)4/h7-11H,1H2,2-6H3/b9-8+/t10-,11+/m1/s1. The van der Waals surface area contributed by atoms with Gasteiger partial charge in [-0.2, -0.15) is 0 Å². The van der Waals surface area contributed by atoms with E-state index in [1.807, 2.05) is 34.6 Å². The molecule has 1 saturated heterocycles. The highest BCUT2D eigenvalue weighted by Crippen LogP contribution is 2.29. The van der Waals surface area contributed by atoms with Crippen LogP contribution < -0.4 is 0 Å². The van der Waals surface area contributed by atoms with E-state index in [0.717, 1.165) is 0 Å². The number of ether oxygens (including phenoxy) is 3. The third-order valence-electron chi connectivity index (χ3n) is 2.22. The van der Waals surface area contributed by atoms with Crippen LogP contribution in [-0.2, 0) is 19.0 Å². The van der Waals surface area contributed by atoms with Crippen molar-refractivity contribution in [3.63, 3.8) is 0 Å². The first-order chi connectivity index (χ1) is 8.13. The molecule has 1 fully saturated rings. The van der Waals surface area contributed by atoms with Crippen LogP contribution in [0.2, 0.25) is 0 Å². The van der Waals surface area contributed by atoms with Crippen molar-refractivity contribution in [3.05, 3.63) is 24.8 Å². The van der Waals surface area contributed by atoms with E-state index in [1.165, 1.54) is 6.08 Å². The van der Waals surface area contributed by atoms with Crippen LogP contribution in [0.1, 0.15) is 34.6 Å². The fourth-order valence-corrected chi connectivity index (χ4v) is 1.66. The van der Waals surface area contributed by atoms with E-state index in [1.54, 1.807) is 12.2 Å². The lowest BCUT2D eigenvalue weighted by Crippen LogP contribution is -2.23. The summed E-state index contributed by atoms with van der Waals surface area (Å²) in [4.78, 5) is 11.5. The summed E-state index contributed by atoms with van der Waals surface area (Å²) >= 11 is 0. The Morgan fingerprint density at radius 1 is 1.28 bits per heavy atom. The minimum atomic E-state index is -0.665. The maximum Gasteiger partial charge on any atom is 0.331 e. The summed E-state index contributed by atoms with van der Waals surface area (Å²) in [7, 11) is 0. The average molecular weight is 254 g/mol. The van der Waals surface area contributed by atoms with Gasteiger partial charge in [0.05, 0.1) is 0 Å². The van der Waals surface area contributed by atoms with Crippen LogP contribution in [0.3, 0.4) is 0 Å². The second-order valence-electron chi connectivity index (χ2n) is 5.69. The molecule has 4 nitrogen and oxygen atoms in total. The highest BCUT2D eigenvalue weighted by Gasteiger charge is 2.38. The van der Waals surface area contributed by atoms with Crippen molar-refractivity contribution in [2.75, 3.05) is 0 Å². The zero-order chi connectivity index (χ0) is 14.0. The summed E-state index contributed by atoms with van der Waals surface area (Å²) in [5.41, 5.74) is -0.494. The van der Waals surface area contributed by atoms with Crippen molar-refractivity contribution in [2.45, 2.75) is 58.2 Å². The molecule has 0 amide bonds. The highest BCUT2D eigenvalue weighted by molar-refractivity contribution is 5.82. The minimum absolute atomic E-state index is 0.251. The van der Waals surface area contributed by atoms with Crippen LogP contribution in [0.25, 0.3) is 0 Å². The van der Waals surface area contributed by atoms with Crippen LogP contribution >= 0.6 is 0 Å². The van der Waals surface area contributed by atoms with Gasteiger partial charge in [-0.05, 0) is 40.7 Å². The van der Waals surface area contributed by atoms with Gasteiger partial charge in [-0.1, -0.05) is 6.08 Å². The van der Waals surface area contributed by atoms with Gasteiger partial charge in [-0.15, -0.1) is 6.58 Å². The molecule has 0 N–H and O–H groups in total. The minimum Gasteiger partial charge on any atom is -0.457 e. The van der Waals surface area contributed by atoms with Crippen molar-refractivity contribution in [2.24, 2.45) is 0 Å². The molecule has 1 aliphatic heterocycles. The molecular weight excluding hydrogens is 232 g/mol. The molecule has 0 bridgehead atoms. The molecule has 18 heavy (non-hydrogen) atoms. The third-order valence-corrected chi connectivity index (χ3v) is 2.22. The van der Waals surface area contributed by atoms with Gasteiger partial charge in [0.25, 0.3) is 0 Å². The van der Waals surface area contributed by atoms with E-state index in [4.69, 9.17) is 14.2 Å². The van der Waals surface area contributed by atoms with E-state index in [2.05, 4.69) is 6.58 Å². The quantitative estimate of drug-likeness (QED) is 0.441. The molecule has 1 rings (SSSR count). The molecule has 0 radical (unpaired) electrons. The van der Waals surface area contributed by atoms with Gasteiger partial charge in [-0.25, -0.2) is 4.79 Å². The maximum absolute atomic E-state index is 11.5. The molecule has 1 aliphatic rings. The lowest BCUT2D eigenvalue weighted by molar-refractivity contribution is -0.149. The first-order valence-electron chi connectivity index (χ1n) is 6.02. The van der Waals surface area contributed by atoms with Gasteiger partial charge < -0.3 is 14.2 Å². The van der Waals surface area contributed by atoms with E-state index in [-0.39, 0.29) is 12.2 Å². The van der Waals surface area contributed by atoms with E-state index < -0.39 is 17.4 Å². The second kappa shape index (κ2) is 5.24. The Morgan fingerprint density at radius 3 is 2.33 bits per heavy atom. The molecule has 2 atom stereocenters. The fraction of sp³-hybridized carbons (Fsp3) is 0.643. The van der Waals surface area contributed by atoms with Gasteiger partial charge in [0.2, 0.25) is 0 Å². The highest BCUT2D eigenvalue weighted by atomic mass is 16.7. The van der Waals surface area contributed by atoms with Crippen molar-refractivity contribution < 1.29 is 19.0 Å². The summed E-state index contributed by atoms with van der Waals surface area (Å²) in [6.45, 7) is 12.8. The summed E-state index contributed by atoms with van der Waals surface area (Å²) < 4.78 is 16.4. The smallest absolute Gasteiger partial charge is 0.331 e. The third kappa shape index (κ3) is 4.63. The van der Waals surface area contributed by atoms with Crippen molar-refractivity contribution >= 4 is 5.97 Å². The van der Waals surface area contributed by atoms with Crippen molar-refractivity contribution in [1.29, 1.82) is 0 Å². The number of esters is 1. The monoisotopic (exact) mass is 254 g/mol. The van der Waals surface area contributed by atoms with E-state index >= 15 is 0 Å². The Balaban J connectivity index is 2.61. The summed E-state index contributed by atoms with van der Waals surface area (Å²) in [6, 6.07) is 0. The first kappa shape index (κ1) is 14.9. The van der Waals surface area contributed by atoms with Crippen molar-refractivity contribution in [1.82, 2.24) is 0 Å². The van der Waals surface area contributed by atoms with Crippen LogP contribution in [0.4, 0.5) is 0 Å². The Morgan fingerprint density at radius 2 is 1.83 bits per heavy atom. The topological polar surface area (TPSA) is 44.8 Å². The normalized spacial score (nSPS) is 27.4. The van der Waals surface area contributed by atoms with Crippen molar-refractivity contribution in [3.8, 4) is 0 Å². The van der Waals surface area contributed by atoms with E-state index in [0.29, 0.717) is 0 Å². The van der Waals surface area contributed by atoms with E-state index in [9.17, 15) is 4.79 Å². The van der Waals surface area contributed by atoms with Gasteiger partial charge in [0.1, 0.15) is 17.8 Å². The predicted octanol–water partition coefficient (Wildman–Crippen LogP) is 2.59. The van der Waals surface area contributed by atoms with Gasteiger partial charge in [0.15, 0.2) is 5.79 Å². The zero-order valence-corrected chi connectivity index (χ0v) is 11.7. The zero-order valence-electron chi connectivity index (χ0n) is 11.7. The molecule has 0 saturated carbocycles. The molecule has 1 heterocycles. The number of hydrogen-bond acceptors (Lipinski definition) is 4. The Kier molecular flexibility index (Phi) is 4.35. The van der Waals surface area contributed by atoms with Gasteiger partial charge in [-0.3, -0.25) is 0 Å². The van der Waals surface area contributed by atoms with Crippen LogP contribution in [0.5, 0.6) is 0 Å². The number of carbonyl (C=O) groups is 1. The lowest BCUT2D eigenvalue weighted by Gasteiger charge is -2.18. The average Bonchev–Trinajstić information content (AvgIpc) is 2.47. The molecule has 4 heteroatoms. The molecule has 0 spiro atoms. The SMILES string of the molecule is C=C[C@H]1OC(C)(C)O[C@H]1/C=C/C(=O)OC(C)(C)C. The Labute approximate surface area is 109 Å². The molecule has 102 valence electrons. The first-order valence-corrected chi connectivity index (χ1v) is 6.02. The summed E-state index contributed by atoms with van der Waals surface area (Å²) in [6.07, 6.45) is 4.12. The number of carbonyl (C=O) groups excluding carboxylic acids is 1. The predicted molar refractivity (Wildman–Crippen MR) is 69.0 cm³/mol. The number of rotatable bonds is 3. The second-order valence-corrected chi connectivity index (χ2v) is 5.69. The molecule has 0 aromatic carbocycles. The van der Waals surface area contributed by atoms with Gasteiger partial charge in [0, 0.05) is 6.08 Å². The molecule has 0 aliphatic carbocycles. The lowest BCUT2D eigenvalue weighted by atomic mass is 10.2. The summed E-state index contributed by atoms with van der Waals surface area (Å²) in [5.74, 6) is -1.06. The Hall–Kier alpha value is -1.13. The fourth-order valence-electron chi connectivity index (χ4n) is 1.66. The largest absolute Gasteiger partial charge is 0.457 e. The summed E-state index contributed by atoms with van der Waals surface area (Å²) in [5, 5.41) is 0. The molecule has 0 aromatic heterocycles. The van der Waals surface area contributed by atoms with Gasteiger partial charge >= 0.3 is 5.97 Å². The maximum atomic E-state index is 11.5. The molecule has 0 aromatic rings. The molecular formula is C14H22O4. The van der Waals surface area contributed by atoms with Crippen LogP contribution in [0.15, 0.2) is 24.8 Å². The van der Waals surface area contributed by atoms with Crippen LogP contribution in [-0.4, -0.2) is 29.6 Å². The molecule has 0 unspecified atom stereocenters. The number of hydrogen-bond donors (Lipinski definition) is 0. The van der Waals surface area contributed by atoms with Crippen LogP contribution in [0, 0.1) is 0 Å².